The van der Waals surface area contributed by atoms with E-state index < -0.39 is 5.91 Å². The molecule has 0 aliphatic heterocycles. The first-order valence-electron chi connectivity index (χ1n) is 3.39. The molecule has 0 bridgehead atoms. The fourth-order valence-corrected chi connectivity index (χ4v) is 1.53. The van der Waals surface area contributed by atoms with E-state index in [1.165, 1.54) is 19.2 Å². The molecule has 0 spiro atoms. The van der Waals surface area contributed by atoms with Crippen LogP contribution in [0.2, 0.25) is 10.0 Å². The van der Waals surface area contributed by atoms with Gasteiger partial charge in [0.1, 0.15) is 0 Å². The van der Waals surface area contributed by atoms with E-state index in [-0.39, 0.29) is 16.3 Å². The van der Waals surface area contributed by atoms with E-state index in [9.17, 15) is 4.79 Å². The first-order valence-corrected chi connectivity index (χ1v) is 4.15. The smallest absolute Gasteiger partial charge is 0.250 e. The van der Waals surface area contributed by atoms with Crippen LogP contribution in [0.4, 0.5) is 0 Å². The van der Waals surface area contributed by atoms with Crippen molar-refractivity contribution in [2.24, 2.45) is 5.73 Å². The predicted molar refractivity (Wildman–Crippen MR) is 51.5 cm³/mol. The van der Waals surface area contributed by atoms with E-state index in [2.05, 4.69) is 0 Å². The van der Waals surface area contributed by atoms with Gasteiger partial charge in [-0.25, -0.2) is 0 Å². The fraction of sp³-hybridized carbons (Fsp3) is 0.125. The zero-order chi connectivity index (χ0) is 10.0. The molecule has 0 fully saturated rings. The third-order valence-electron chi connectivity index (χ3n) is 1.52. The van der Waals surface area contributed by atoms with Crippen LogP contribution in [0.1, 0.15) is 10.4 Å². The van der Waals surface area contributed by atoms with Crippen LogP contribution in [0.3, 0.4) is 0 Å². The highest BCUT2D eigenvalue weighted by molar-refractivity contribution is 6.39. The lowest BCUT2D eigenvalue weighted by molar-refractivity contribution is 0.1000. The van der Waals surface area contributed by atoms with Crippen molar-refractivity contribution in [1.82, 2.24) is 0 Å². The summed E-state index contributed by atoms with van der Waals surface area (Å²) in [5, 5.41) is 0.486. The molecule has 0 radical (unpaired) electrons. The average Bonchev–Trinajstić information content (AvgIpc) is 2.04. The van der Waals surface area contributed by atoms with Crippen LogP contribution in [0, 0.1) is 0 Å². The second-order valence-electron chi connectivity index (χ2n) is 2.31. The molecular weight excluding hydrogens is 213 g/mol. The summed E-state index contributed by atoms with van der Waals surface area (Å²) in [7, 11) is 1.41. The van der Waals surface area contributed by atoms with Crippen LogP contribution in [0.25, 0.3) is 0 Å². The van der Waals surface area contributed by atoms with E-state index in [1.807, 2.05) is 0 Å². The number of benzene rings is 1. The molecule has 1 aromatic rings. The normalized spacial score (nSPS) is 9.77. The molecule has 1 aromatic carbocycles. The molecule has 0 aliphatic rings. The van der Waals surface area contributed by atoms with Crippen LogP contribution in [0.5, 0.6) is 5.75 Å². The standard InChI is InChI=1S/C8H7Cl2NO2/c1-13-7-5(9)3-2-4(6(7)10)8(11)12/h2-3H,1H3,(H2,11,12). The minimum Gasteiger partial charge on any atom is -0.494 e. The van der Waals surface area contributed by atoms with Crippen LogP contribution in [-0.2, 0) is 0 Å². The lowest BCUT2D eigenvalue weighted by atomic mass is 10.2. The second kappa shape index (κ2) is 3.85. The van der Waals surface area contributed by atoms with Gasteiger partial charge in [-0.3, -0.25) is 4.79 Å². The number of hydrogen-bond donors (Lipinski definition) is 1. The monoisotopic (exact) mass is 219 g/mol. The molecule has 0 saturated heterocycles. The molecule has 0 atom stereocenters. The van der Waals surface area contributed by atoms with Gasteiger partial charge in [-0.05, 0) is 12.1 Å². The van der Waals surface area contributed by atoms with E-state index in [1.54, 1.807) is 0 Å². The van der Waals surface area contributed by atoms with Crippen molar-refractivity contribution in [2.75, 3.05) is 7.11 Å². The SMILES string of the molecule is COc1c(Cl)ccc(C(N)=O)c1Cl. The maximum absolute atomic E-state index is 10.8. The molecule has 0 aliphatic carbocycles. The molecule has 13 heavy (non-hydrogen) atoms. The van der Waals surface area contributed by atoms with Crippen molar-refractivity contribution in [2.45, 2.75) is 0 Å². The van der Waals surface area contributed by atoms with Crippen LogP contribution >= 0.6 is 23.2 Å². The third-order valence-corrected chi connectivity index (χ3v) is 2.19. The summed E-state index contributed by atoms with van der Waals surface area (Å²) in [5.41, 5.74) is 5.26. The number of amides is 1. The quantitative estimate of drug-likeness (QED) is 0.829. The first-order chi connectivity index (χ1) is 6.07. The summed E-state index contributed by atoms with van der Waals surface area (Å²) in [6.45, 7) is 0. The van der Waals surface area contributed by atoms with Gasteiger partial charge in [-0.1, -0.05) is 23.2 Å². The Morgan fingerprint density at radius 1 is 1.46 bits per heavy atom. The fourth-order valence-electron chi connectivity index (χ4n) is 0.910. The molecule has 2 N–H and O–H groups in total. The van der Waals surface area contributed by atoms with Gasteiger partial charge >= 0.3 is 0 Å². The molecule has 0 heterocycles. The summed E-state index contributed by atoms with van der Waals surface area (Å²) < 4.78 is 4.89. The number of primary amides is 1. The first kappa shape index (κ1) is 10.2. The predicted octanol–water partition coefficient (Wildman–Crippen LogP) is 2.10. The van der Waals surface area contributed by atoms with Gasteiger partial charge in [0, 0.05) is 0 Å². The van der Waals surface area contributed by atoms with Crippen molar-refractivity contribution in [3.63, 3.8) is 0 Å². The maximum atomic E-state index is 10.8. The van der Waals surface area contributed by atoms with Gasteiger partial charge in [0.15, 0.2) is 5.75 Å². The van der Waals surface area contributed by atoms with Gasteiger partial charge in [-0.15, -0.1) is 0 Å². The van der Waals surface area contributed by atoms with Crippen LogP contribution in [-0.4, -0.2) is 13.0 Å². The van der Waals surface area contributed by atoms with Gasteiger partial charge in [-0.2, -0.15) is 0 Å². The number of rotatable bonds is 2. The number of ether oxygens (including phenoxy) is 1. The molecule has 70 valence electrons. The lowest BCUT2D eigenvalue weighted by Gasteiger charge is -2.07. The number of carbonyl (C=O) groups excluding carboxylic acids is 1. The molecule has 3 nitrogen and oxygen atoms in total. The highest BCUT2D eigenvalue weighted by Crippen LogP contribution is 2.34. The van der Waals surface area contributed by atoms with E-state index in [0.29, 0.717) is 5.02 Å². The average molecular weight is 220 g/mol. The Balaban J connectivity index is 3.35. The van der Waals surface area contributed by atoms with Crippen molar-refractivity contribution in [3.8, 4) is 5.75 Å². The topological polar surface area (TPSA) is 52.3 Å². The number of hydrogen-bond acceptors (Lipinski definition) is 2. The van der Waals surface area contributed by atoms with Crippen molar-refractivity contribution < 1.29 is 9.53 Å². The Morgan fingerprint density at radius 3 is 2.54 bits per heavy atom. The van der Waals surface area contributed by atoms with Gasteiger partial charge in [0.05, 0.1) is 22.7 Å². The summed E-state index contributed by atoms with van der Waals surface area (Å²) >= 11 is 11.5. The van der Waals surface area contributed by atoms with E-state index in [0.717, 1.165) is 0 Å². The van der Waals surface area contributed by atoms with E-state index >= 15 is 0 Å². The molecule has 1 rings (SSSR count). The summed E-state index contributed by atoms with van der Waals surface area (Å²) in [4.78, 5) is 10.8. The van der Waals surface area contributed by atoms with Gasteiger partial charge in [0.2, 0.25) is 5.91 Å². The zero-order valence-electron chi connectivity index (χ0n) is 6.80. The zero-order valence-corrected chi connectivity index (χ0v) is 8.32. The number of methoxy groups -OCH3 is 1. The van der Waals surface area contributed by atoms with E-state index in [4.69, 9.17) is 33.7 Å². The third kappa shape index (κ3) is 1.87. The minimum atomic E-state index is -0.611. The molecular formula is C8H7Cl2NO2. The maximum Gasteiger partial charge on any atom is 0.250 e. The van der Waals surface area contributed by atoms with Gasteiger partial charge < -0.3 is 10.5 Å². The number of halogens is 2. The molecule has 0 unspecified atom stereocenters. The number of nitrogens with two attached hydrogens (primary N) is 1. The number of carbonyl (C=O) groups is 1. The molecule has 1 amide bonds. The lowest BCUT2D eigenvalue weighted by Crippen LogP contribution is -2.11. The molecule has 0 aromatic heterocycles. The molecule has 0 saturated carbocycles. The summed E-state index contributed by atoms with van der Waals surface area (Å²) in [6, 6.07) is 2.96. The Bertz CT molecular complexity index is 352. The Morgan fingerprint density at radius 2 is 2.08 bits per heavy atom. The van der Waals surface area contributed by atoms with Crippen molar-refractivity contribution in [3.05, 3.63) is 27.7 Å². The van der Waals surface area contributed by atoms with Crippen molar-refractivity contribution >= 4 is 29.1 Å². The van der Waals surface area contributed by atoms with Crippen LogP contribution in [0.15, 0.2) is 12.1 Å². The minimum absolute atomic E-state index is 0.141. The Kier molecular flexibility index (Phi) is 3.01. The second-order valence-corrected chi connectivity index (χ2v) is 3.09. The highest BCUT2D eigenvalue weighted by atomic mass is 35.5. The van der Waals surface area contributed by atoms with Crippen molar-refractivity contribution in [1.29, 1.82) is 0 Å². The molecule has 5 heteroatoms. The Hall–Kier alpha value is -0.930. The summed E-state index contributed by atoms with van der Waals surface area (Å²) in [6.07, 6.45) is 0. The largest absolute Gasteiger partial charge is 0.494 e. The highest BCUT2D eigenvalue weighted by Gasteiger charge is 2.14. The van der Waals surface area contributed by atoms with Crippen LogP contribution < -0.4 is 10.5 Å². The van der Waals surface area contributed by atoms with Gasteiger partial charge in [0.25, 0.3) is 0 Å². The summed E-state index contributed by atoms with van der Waals surface area (Å²) in [5.74, 6) is -0.348. The Labute approximate surface area is 85.4 Å².